The van der Waals surface area contributed by atoms with Crippen LogP contribution in [0.15, 0.2) is 67.0 Å². The Morgan fingerprint density at radius 1 is 0.958 bits per heavy atom. The van der Waals surface area contributed by atoms with Crippen molar-refractivity contribution < 1.29 is 9.59 Å². The number of hydrogen-bond donors (Lipinski definition) is 2. The molecule has 4 N–H and O–H groups in total. The first-order valence-corrected chi connectivity index (χ1v) is 7.55. The van der Waals surface area contributed by atoms with Gasteiger partial charge in [0.25, 0.3) is 11.8 Å². The number of imide groups is 1. The van der Waals surface area contributed by atoms with Crippen LogP contribution in [0.3, 0.4) is 0 Å². The first-order valence-electron chi connectivity index (χ1n) is 7.55. The highest BCUT2D eigenvalue weighted by Crippen LogP contribution is 2.27. The van der Waals surface area contributed by atoms with E-state index in [-0.39, 0.29) is 18.4 Å². The summed E-state index contributed by atoms with van der Waals surface area (Å²) < 4.78 is 0. The molecule has 1 aliphatic rings. The number of nitrogens with zero attached hydrogens (tertiary/aromatic N) is 2. The fourth-order valence-corrected chi connectivity index (χ4v) is 2.83. The highest BCUT2D eigenvalue weighted by atomic mass is 16.2. The molecule has 2 aromatic rings. The molecule has 0 bridgehead atoms. The van der Waals surface area contributed by atoms with Crippen molar-refractivity contribution in [2.45, 2.75) is 6.04 Å². The molecular weight excluding hydrogens is 304 g/mol. The molecule has 6 heteroatoms. The van der Waals surface area contributed by atoms with Crippen LogP contribution in [0.5, 0.6) is 0 Å². The highest BCUT2D eigenvalue weighted by Gasteiger charge is 2.37. The van der Waals surface area contributed by atoms with Crippen molar-refractivity contribution in [2.24, 2.45) is 11.6 Å². The standard InChI is InChI=1S/C18H18N4O2/c19-10-11-22(20)16(13-6-2-1-3-7-13)12-21-17(23)14-8-4-5-9-15(14)18(21)24/h1-11,16H,12,19-20H2/b11-10-. The van der Waals surface area contributed by atoms with Crippen molar-refractivity contribution in [3.05, 3.63) is 83.7 Å². The number of carbonyl (C=O) groups is 2. The van der Waals surface area contributed by atoms with Crippen LogP contribution >= 0.6 is 0 Å². The molecule has 1 unspecified atom stereocenters. The minimum absolute atomic E-state index is 0.136. The molecule has 0 aliphatic carbocycles. The van der Waals surface area contributed by atoms with E-state index in [1.807, 2.05) is 30.3 Å². The lowest BCUT2D eigenvalue weighted by atomic mass is 10.1. The average Bonchev–Trinajstić information content (AvgIpc) is 2.85. The van der Waals surface area contributed by atoms with E-state index in [4.69, 9.17) is 11.6 Å². The minimum Gasteiger partial charge on any atom is -0.403 e. The molecule has 24 heavy (non-hydrogen) atoms. The smallest absolute Gasteiger partial charge is 0.261 e. The first-order chi connectivity index (χ1) is 11.6. The molecule has 1 heterocycles. The number of rotatable bonds is 5. The predicted molar refractivity (Wildman–Crippen MR) is 90.3 cm³/mol. The van der Waals surface area contributed by atoms with Gasteiger partial charge < -0.3 is 10.7 Å². The summed E-state index contributed by atoms with van der Waals surface area (Å²) >= 11 is 0. The second kappa shape index (κ2) is 6.55. The monoisotopic (exact) mass is 322 g/mol. The average molecular weight is 322 g/mol. The van der Waals surface area contributed by atoms with E-state index in [2.05, 4.69) is 0 Å². The van der Waals surface area contributed by atoms with E-state index in [9.17, 15) is 9.59 Å². The molecule has 122 valence electrons. The van der Waals surface area contributed by atoms with Gasteiger partial charge in [-0.3, -0.25) is 14.5 Å². The van der Waals surface area contributed by atoms with Crippen molar-refractivity contribution in [3.8, 4) is 0 Å². The second-order valence-corrected chi connectivity index (χ2v) is 5.48. The molecule has 1 aliphatic heterocycles. The Balaban J connectivity index is 1.92. The third-order valence-electron chi connectivity index (χ3n) is 4.04. The quantitative estimate of drug-likeness (QED) is 0.496. The van der Waals surface area contributed by atoms with Gasteiger partial charge in [-0.2, -0.15) is 0 Å². The van der Waals surface area contributed by atoms with E-state index >= 15 is 0 Å². The fourth-order valence-electron chi connectivity index (χ4n) is 2.83. The SMILES string of the molecule is N/C=C\N(N)C(CN1C(=O)c2ccccc2C1=O)c1ccccc1. The largest absolute Gasteiger partial charge is 0.403 e. The lowest BCUT2D eigenvalue weighted by Gasteiger charge is -2.29. The van der Waals surface area contributed by atoms with Crippen LogP contribution in [0, 0.1) is 0 Å². The Kier molecular flexibility index (Phi) is 4.31. The van der Waals surface area contributed by atoms with Crippen molar-refractivity contribution in [3.63, 3.8) is 0 Å². The van der Waals surface area contributed by atoms with E-state index in [0.29, 0.717) is 11.1 Å². The normalized spacial score (nSPS) is 15.0. The summed E-state index contributed by atoms with van der Waals surface area (Å²) in [6, 6.07) is 15.9. The molecule has 3 rings (SSSR count). The summed E-state index contributed by atoms with van der Waals surface area (Å²) in [5.74, 6) is 5.44. The van der Waals surface area contributed by atoms with Gasteiger partial charge in [0, 0.05) is 12.4 Å². The second-order valence-electron chi connectivity index (χ2n) is 5.48. The zero-order chi connectivity index (χ0) is 17.1. The van der Waals surface area contributed by atoms with Crippen LogP contribution in [0.1, 0.15) is 32.3 Å². The number of hydrogen-bond acceptors (Lipinski definition) is 5. The molecule has 0 fully saturated rings. The fraction of sp³-hybridized carbons (Fsp3) is 0.111. The molecule has 1 atom stereocenters. The van der Waals surface area contributed by atoms with Gasteiger partial charge in [0.1, 0.15) is 0 Å². The van der Waals surface area contributed by atoms with Gasteiger partial charge in [-0.05, 0) is 17.7 Å². The Morgan fingerprint density at radius 2 is 1.50 bits per heavy atom. The Hall–Kier alpha value is -3.12. The van der Waals surface area contributed by atoms with Crippen LogP contribution in [0.2, 0.25) is 0 Å². The minimum atomic E-state index is -0.395. The lowest BCUT2D eigenvalue weighted by molar-refractivity contribution is 0.0610. The van der Waals surface area contributed by atoms with Gasteiger partial charge >= 0.3 is 0 Å². The molecule has 6 nitrogen and oxygen atoms in total. The van der Waals surface area contributed by atoms with Crippen LogP contribution < -0.4 is 11.6 Å². The summed E-state index contributed by atoms with van der Waals surface area (Å²) in [6.45, 7) is 0.136. The number of amides is 2. The summed E-state index contributed by atoms with van der Waals surface area (Å²) in [7, 11) is 0. The summed E-state index contributed by atoms with van der Waals surface area (Å²) in [4.78, 5) is 26.3. The Morgan fingerprint density at radius 3 is 2.04 bits per heavy atom. The number of carbonyl (C=O) groups excluding carboxylic acids is 2. The number of hydrazine groups is 1. The number of nitrogens with two attached hydrogens (primary N) is 2. The van der Waals surface area contributed by atoms with Crippen LogP contribution in [0.4, 0.5) is 0 Å². The maximum Gasteiger partial charge on any atom is 0.261 e. The highest BCUT2D eigenvalue weighted by molar-refractivity contribution is 6.21. The Bertz CT molecular complexity index is 754. The summed E-state index contributed by atoms with van der Waals surface area (Å²) in [5.41, 5.74) is 7.16. The van der Waals surface area contributed by atoms with Crippen molar-refractivity contribution in [1.29, 1.82) is 0 Å². The molecule has 0 saturated carbocycles. The van der Waals surface area contributed by atoms with Gasteiger partial charge in [0.15, 0.2) is 0 Å². The Labute approximate surface area is 139 Å². The molecule has 0 saturated heterocycles. The van der Waals surface area contributed by atoms with Gasteiger partial charge in [-0.15, -0.1) is 0 Å². The van der Waals surface area contributed by atoms with Crippen molar-refractivity contribution in [2.75, 3.05) is 6.54 Å². The third-order valence-corrected chi connectivity index (χ3v) is 4.04. The molecule has 2 amide bonds. The van der Waals surface area contributed by atoms with Gasteiger partial charge in [0.05, 0.1) is 23.7 Å². The molecule has 2 aromatic carbocycles. The molecule has 0 radical (unpaired) electrons. The van der Waals surface area contributed by atoms with Gasteiger partial charge in [0.2, 0.25) is 0 Å². The predicted octanol–water partition coefficient (Wildman–Crippen LogP) is 1.63. The van der Waals surface area contributed by atoms with Crippen molar-refractivity contribution >= 4 is 11.8 Å². The molecular formula is C18H18N4O2. The van der Waals surface area contributed by atoms with E-state index < -0.39 is 6.04 Å². The maximum absolute atomic E-state index is 12.6. The summed E-state index contributed by atoms with van der Waals surface area (Å²) in [6.07, 6.45) is 2.83. The first kappa shape index (κ1) is 15.8. The molecule has 0 aromatic heterocycles. The zero-order valence-electron chi connectivity index (χ0n) is 13.0. The van der Waals surface area contributed by atoms with Gasteiger partial charge in [-0.1, -0.05) is 42.5 Å². The lowest BCUT2D eigenvalue weighted by Crippen LogP contribution is -2.41. The summed E-state index contributed by atoms with van der Waals surface area (Å²) in [5, 5.41) is 1.40. The number of fused-ring (bicyclic) bond motifs is 1. The zero-order valence-corrected chi connectivity index (χ0v) is 13.0. The van der Waals surface area contributed by atoms with E-state index in [1.165, 1.54) is 22.3 Å². The number of benzene rings is 2. The van der Waals surface area contributed by atoms with E-state index in [0.717, 1.165) is 5.56 Å². The van der Waals surface area contributed by atoms with Gasteiger partial charge in [-0.25, -0.2) is 5.84 Å². The molecule has 0 spiro atoms. The van der Waals surface area contributed by atoms with Crippen LogP contribution in [-0.2, 0) is 0 Å². The van der Waals surface area contributed by atoms with E-state index in [1.54, 1.807) is 24.3 Å². The van der Waals surface area contributed by atoms with Crippen LogP contribution in [-0.4, -0.2) is 28.3 Å². The van der Waals surface area contributed by atoms with Crippen molar-refractivity contribution in [1.82, 2.24) is 9.91 Å². The topological polar surface area (TPSA) is 92.7 Å². The van der Waals surface area contributed by atoms with Crippen LogP contribution in [0.25, 0.3) is 0 Å². The maximum atomic E-state index is 12.6. The third kappa shape index (κ3) is 2.75.